The first-order valence-electron chi connectivity index (χ1n) is 5.66. The van der Waals surface area contributed by atoms with Crippen LogP contribution in [0.5, 0.6) is 5.75 Å². The maximum absolute atomic E-state index is 10.9. The molecule has 2 N–H and O–H groups in total. The van der Waals surface area contributed by atoms with Gasteiger partial charge in [-0.3, -0.25) is 4.90 Å². The fourth-order valence-electron chi connectivity index (χ4n) is 1.65. The first-order valence-corrected chi connectivity index (χ1v) is 6.64. The van der Waals surface area contributed by atoms with Crippen LogP contribution < -0.4 is 0 Å². The molecule has 1 fully saturated rings. The molecule has 98 valence electrons. The lowest BCUT2D eigenvalue weighted by atomic mass is 10.2. The van der Waals surface area contributed by atoms with Gasteiger partial charge in [-0.05, 0) is 18.2 Å². The second-order valence-electron chi connectivity index (χ2n) is 3.99. The van der Waals surface area contributed by atoms with Gasteiger partial charge in [0.25, 0.3) is 0 Å². The van der Waals surface area contributed by atoms with Crippen LogP contribution in [0.2, 0.25) is 0 Å². The summed E-state index contributed by atoms with van der Waals surface area (Å²) >= 11 is 1.44. The molecule has 0 bridgehead atoms. The number of hydrogen-bond donors (Lipinski definition) is 2. The molecule has 1 saturated heterocycles. The number of aromatic carboxylic acids is 1. The number of phenolic OH excluding ortho intramolecular Hbond substituents is 1. The van der Waals surface area contributed by atoms with E-state index in [1.54, 1.807) is 0 Å². The van der Waals surface area contributed by atoms with Crippen molar-refractivity contribution < 1.29 is 19.7 Å². The third kappa shape index (κ3) is 3.38. The monoisotopic (exact) mass is 269 g/mol. The molecule has 0 aliphatic carbocycles. The molecule has 6 heteroatoms. The largest absolute Gasteiger partial charge is 0.507 e. The number of rotatable bonds is 4. The Morgan fingerprint density at radius 2 is 2.11 bits per heavy atom. The lowest BCUT2D eigenvalue weighted by Gasteiger charge is -2.26. The highest BCUT2D eigenvalue weighted by atomic mass is 32.2. The zero-order chi connectivity index (χ0) is 13.0. The molecule has 0 aromatic heterocycles. The summed E-state index contributed by atoms with van der Waals surface area (Å²) < 4.78 is 5.25. The third-order valence-corrected chi connectivity index (χ3v) is 3.85. The summed E-state index contributed by atoms with van der Waals surface area (Å²) in [5, 5.41) is 18.6. The lowest BCUT2D eigenvalue weighted by molar-refractivity contribution is 0.0474. The van der Waals surface area contributed by atoms with Crippen LogP contribution in [0.4, 0.5) is 0 Å². The SMILES string of the molecule is O=C(O)c1ccc(O)c(SCN2CCOCC2)c1. The predicted molar refractivity (Wildman–Crippen MR) is 68.2 cm³/mol. The quantitative estimate of drug-likeness (QED) is 0.807. The number of carboxylic acid groups (broad SMARTS) is 1. The van der Waals surface area contributed by atoms with Crippen molar-refractivity contribution in [2.75, 3.05) is 32.2 Å². The summed E-state index contributed by atoms with van der Waals surface area (Å²) in [6.45, 7) is 3.18. The van der Waals surface area contributed by atoms with Gasteiger partial charge in [0.05, 0.1) is 23.7 Å². The smallest absolute Gasteiger partial charge is 0.335 e. The minimum absolute atomic E-state index is 0.123. The molecule has 1 heterocycles. The van der Waals surface area contributed by atoms with Gasteiger partial charge in [0.15, 0.2) is 0 Å². The van der Waals surface area contributed by atoms with Crippen LogP contribution in [-0.2, 0) is 4.74 Å². The maximum atomic E-state index is 10.9. The van der Waals surface area contributed by atoms with Gasteiger partial charge in [0.2, 0.25) is 0 Å². The Balaban J connectivity index is 1.99. The summed E-state index contributed by atoms with van der Waals surface area (Å²) in [6, 6.07) is 4.32. The lowest BCUT2D eigenvalue weighted by Crippen LogP contribution is -2.35. The van der Waals surface area contributed by atoms with Crippen LogP contribution in [0.3, 0.4) is 0 Å². The average molecular weight is 269 g/mol. The van der Waals surface area contributed by atoms with E-state index in [1.165, 1.54) is 30.0 Å². The van der Waals surface area contributed by atoms with Crippen molar-refractivity contribution in [3.63, 3.8) is 0 Å². The fraction of sp³-hybridized carbons (Fsp3) is 0.417. The van der Waals surface area contributed by atoms with E-state index in [-0.39, 0.29) is 11.3 Å². The van der Waals surface area contributed by atoms with Crippen molar-refractivity contribution in [3.8, 4) is 5.75 Å². The highest BCUT2D eigenvalue weighted by Crippen LogP contribution is 2.30. The Morgan fingerprint density at radius 1 is 1.39 bits per heavy atom. The van der Waals surface area contributed by atoms with Crippen LogP contribution in [0, 0.1) is 0 Å². The normalized spacial score (nSPS) is 16.7. The molecule has 2 rings (SSSR count). The molecule has 0 radical (unpaired) electrons. The number of benzene rings is 1. The highest BCUT2D eigenvalue weighted by molar-refractivity contribution is 7.99. The van der Waals surface area contributed by atoms with E-state index >= 15 is 0 Å². The molecule has 1 aliphatic rings. The van der Waals surface area contributed by atoms with Gasteiger partial charge < -0.3 is 14.9 Å². The van der Waals surface area contributed by atoms with E-state index in [0.29, 0.717) is 4.90 Å². The third-order valence-electron chi connectivity index (χ3n) is 2.71. The number of nitrogens with zero attached hydrogens (tertiary/aromatic N) is 1. The number of aromatic hydroxyl groups is 1. The number of morpholine rings is 1. The Hall–Kier alpha value is -1.24. The van der Waals surface area contributed by atoms with Crippen LogP contribution in [0.15, 0.2) is 23.1 Å². The molecule has 0 amide bonds. The molecule has 5 nitrogen and oxygen atoms in total. The number of carboxylic acids is 1. The summed E-state index contributed by atoms with van der Waals surface area (Å²) in [6.07, 6.45) is 0. The fourth-order valence-corrected chi connectivity index (χ4v) is 2.66. The van der Waals surface area contributed by atoms with Crippen LogP contribution in [-0.4, -0.2) is 53.3 Å². The van der Waals surface area contributed by atoms with Gasteiger partial charge in [-0.2, -0.15) is 0 Å². The topological polar surface area (TPSA) is 70.0 Å². The molecule has 0 unspecified atom stereocenters. The summed E-state index contributed by atoms with van der Waals surface area (Å²) in [5.41, 5.74) is 0.192. The van der Waals surface area contributed by atoms with Crippen LogP contribution >= 0.6 is 11.8 Å². The van der Waals surface area contributed by atoms with Crippen LogP contribution in [0.25, 0.3) is 0 Å². The van der Waals surface area contributed by atoms with Gasteiger partial charge in [-0.1, -0.05) is 0 Å². The van der Waals surface area contributed by atoms with E-state index in [9.17, 15) is 9.90 Å². The van der Waals surface area contributed by atoms with Crippen molar-refractivity contribution in [3.05, 3.63) is 23.8 Å². The predicted octanol–water partition coefficient (Wildman–Crippen LogP) is 1.47. The van der Waals surface area contributed by atoms with Gasteiger partial charge in [0, 0.05) is 19.0 Å². The summed E-state index contributed by atoms with van der Waals surface area (Å²) in [7, 11) is 0. The highest BCUT2D eigenvalue weighted by Gasteiger charge is 2.13. The minimum atomic E-state index is -0.983. The van der Waals surface area contributed by atoms with Crippen molar-refractivity contribution >= 4 is 17.7 Å². The second kappa shape index (κ2) is 6.08. The molecular weight excluding hydrogens is 254 g/mol. The Kier molecular flexibility index (Phi) is 4.46. The molecular formula is C12H15NO4S. The van der Waals surface area contributed by atoms with Gasteiger partial charge >= 0.3 is 5.97 Å². The number of ether oxygens (including phenoxy) is 1. The van der Waals surface area contributed by atoms with E-state index in [1.807, 2.05) is 0 Å². The number of phenols is 1. The molecule has 1 aromatic rings. The summed E-state index contributed by atoms with van der Waals surface area (Å²) in [5.74, 6) is -0.138. The molecule has 18 heavy (non-hydrogen) atoms. The zero-order valence-corrected chi connectivity index (χ0v) is 10.7. The van der Waals surface area contributed by atoms with E-state index in [2.05, 4.69) is 4.90 Å². The van der Waals surface area contributed by atoms with Gasteiger partial charge in [0.1, 0.15) is 5.75 Å². The number of thioether (sulfide) groups is 1. The molecule has 1 aliphatic heterocycles. The Bertz CT molecular complexity index is 432. The number of hydrogen-bond acceptors (Lipinski definition) is 5. The number of carbonyl (C=O) groups is 1. The zero-order valence-electron chi connectivity index (χ0n) is 9.83. The molecule has 0 saturated carbocycles. The van der Waals surface area contributed by atoms with Crippen molar-refractivity contribution in [2.45, 2.75) is 4.90 Å². The maximum Gasteiger partial charge on any atom is 0.335 e. The van der Waals surface area contributed by atoms with E-state index < -0.39 is 5.97 Å². The van der Waals surface area contributed by atoms with E-state index in [4.69, 9.17) is 9.84 Å². The van der Waals surface area contributed by atoms with Crippen molar-refractivity contribution in [1.82, 2.24) is 4.90 Å². The average Bonchev–Trinajstić information content (AvgIpc) is 2.38. The molecule has 1 aromatic carbocycles. The summed E-state index contributed by atoms with van der Waals surface area (Å²) in [4.78, 5) is 13.7. The minimum Gasteiger partial charge on any atom is -0.507 e. The van der Waals surface area contributed by atoms with Crippen molar-refractivity contribution in [1.29, 1.82) is 0 Å². The first kappa shape index (κ1) is 13.2. The van der Waals surface area contributed by atoms with Crippen LogP contribution in [0.1, 0.15) is 10.4 Å². The van der Waals surface area contributed by atoms with E-state index in [0.717, 1.165) is 32.2 Å². The second-order valence-corrected chi connectivity index (χ2v) is 4.98. The Labute approximate surface area is 109 Å². The van der Waals surface area contributed by atoms with Gasteiger partial charge in [-0.25, -0.2) is 4.79 Å². The first-order chi connectivity index (χ1) is 8.66. The molecule has 0 spiro atoms. The molecule has 0 atom stereocenters. The van der Waals surface area contributed by atoms with Gasteiger partial charge in [-0.15, -0.1) is 11.8 Å². The van der Waals surface area contributed by atoms with Crippen molar-refractivity contribution in [2.24, 2.45) is 0 Å². The Morgan fingerprint density at radius 3 is 2.78 bits per heavy atom. The standard InChI is InChI=1S/C12H15NO4S/c14-10-2-1-9(12(15)16)7-11(10)18-8-13-3-5-17-6-4-13/h1-2,7,14H,3-6,8H2,(H,15,16).